The molecule has 1 aromatic heterocycles. The average molecular weight is 467 g/mol. The lowest BCUT2D eigenvalue weighted by atomic mass is 10.00. The fourth-order valence-electron chi connectivity index (χ4n) is 4.33. The Morgan fingerprint density at radius 1 is 1.00 bits per heavy atom. The van der Waals surface area contributed by atoms with Crippen molar-refractivity contribution in [2.24, 2.45) is 0 Å². The predicted molar refractivity (Wildman–Crippen MR) is 120 cm³/mol. The molecular formula is C25H20F2N2O3S. The summed E-state index contributed by atoms with van der Waals surface area (Å²) in [6.45, 7) is 1.80. The minimum absolute atomic E-state index is 0.0620. The van der Waals surface area contributed by atoms with Crippen molar-refractivity contribution in [3.8, 4) is 22.4 Å². The van der Waals surface area contributed by atoms with E-state index in [0.717, 1.165) is 22.8 Å². The lowest BCUT2D eigenvalue weighted by molar-refractivity contribution is 0.400. The van der Waals surface area contributed by atoms with Crippen molar-refractivity contribution in [2.75, 3.05) is 0 Å². The molecule has 0 spiro atoms. The van der Waals surface area contributed by atoms with Gasteiger partial charge in [0, 0.05) is 17.7 Å². The second-order valence-electron chi connectivity index (χ2n) is 8.02. The van der Waals surface area contributed by atoms with Gasteiger partial charge in [0.25, 0.3) is 0 Å². The zero-order chi connectivity index (χ0) is 23.2. The number of aryl methyl sites for hydroxylation is 1. The fraction of sp³-hybridized carbons (Fsp3) is 0.160. The van der Waals surface area contributed by atoms with Crippen LogP contribution in [0.5, 0.6) is 0 Å². The Balaban J connectivity index is 1.43. The van der Waals surface area contributed by atoms with Crippen molar-refractivity contribution in [1.29, 1.82) is 0 Å². The van der Waals surface area contributed by atoms with Crippen molar-refractivity contribution in [3.05, 3.63) is 95.3 Å². The van der Waals surface area contributed by atoms with Gasteiger partial charge in [0.1, 0.15) is 23.1 Å². The number of sulfonamides is 1. The highest BCUT2D eigenvalue weighted by molar-refractivity contribution is 7.89. The summed E-state index contributed by atoms with van der Waals surface area (Å²) >= 11 is 0. The van der Waals surface area contributed by atoms with E-state index in [1.807, 2.05) is 30.3 Å². The third-order valence-electron chi connectivity index (χ3n) is 5.91. The van der Waals surface area contributed by atoms with E-state index in [-0.39, 0.29) is 4.90 Å². The molecule has 4 aromatic rings. The van der Waals surface area contributed by atoms with E-state index in [1.54, 1.807) is 19.1 Å². The van der Waals surface area contributed by atoms with Gasteiger partial charge in [0.2, 0.25) is 10.0 Å². The zero-order valence-corrected chi connectivity index (χ0v) is 18.5. The molecule has 5 rings (SSSR count). The maximum Gasteiger partial charge on any atom is 0.241 e. The Kier molecular flexibility index (Phi) is 5.34. The molecule has 3 aromatic carbocycles. The van der Waals surface area contributed by atoms with E-state index in [1.165, 1.54) is 18.2 Å². The van der Waals surface area contributed by atoms with Crippen molar-refractivity contribution < 1.29 is 21.7 Å². The van der Waals surface area contributed by atoms with Gasteiger partial charge in [0.05, 0.1) is 10.5 Å². The molecule has 0 radical (unpaired) electrons. The van der Waals surface area contributed by atoms with Crippen LogP contribution in [0.3, 0.4) is 0 Å². The monoisotopic (exact) mass is 466 g/mol. The molecule has 0 amide bonds. The van der Waals surface area contributed by atoms with Crippen LogP contribution in [0.15, 0.2) is 76.1 Å². The van der Waals surface area contributed by atoms with E-state index in [0.29, 0.717) is 35.4 Å². The highest BCUT2D eigenvalue weighted by atomic mass is 32.2. The average Bonchev–Trinajstić information content (AvgIpc) is 3.38. The Labute approximate surface area is 190 Å². The highest BCUT2D eigenvalue weighted by Gasteiger charge is 2.30. The first-order chi connectivity index (χ1) is 15.8. The van der Waals surface area contributed by atoms with E-state index >= 15 is 0 Å². The first-order valence-corrected chi connectivity index (χ1v) is 11.9. The summed E-state index contributed by atoms with van der Waals surface area (Å²) in [5.74, 6) is -0.747. The molecule has 1 aliphatic carbocycles. The molecule has 0 aliphatic heterocycles. The van der Waals surface area contributed by atoms with Crippen LogP contribution >= 0.6 is 0 Å². The lowest BCUT2D eigenvalue weighted by Crippen LogP contribution is -2.27. The van der Waals surface area contributed by atoms with Crippen LogP contribution in [-0.4, -0.2) is 13.6 Å². The molecule has 1 atom stereocenters. The molecule has 0 fully saturated rings. The molecule has 8 heteroatoms. The largest absolute Gasteiger partial charge is 0.360 e. The summed E-state index contributed by atoms with van der Waals surface area (Å²) in [4.78, 5) is 0.0620. The van der Waals surface area contributed by atoms with Crippen LogP contribution in [0.4, 0.5) is 8.78 Å². The summed E-state index contributed by atoms with van der Waals surface area (Å²) in [6.07, 6.45) is 0.718. The maximum absolute atomic E-state index is 14.0. The molecule has 5 nitrogen and oxygen atoms in total. The van der Waals surface area contributed by atoms with Crippen molar-refractivity contribution >= 4 is 10.0 Å². The summed E-state index contributed by atoms with van der Waals surface area (Å²) in [7, 11) is -3.90. The minimum Gasteiger partial charge on any atom is -0.360 e. The molecule has 1 aliphatic rings. The number of hydrogen-bond donors (Lipinski definition) is 1. The summed E-state index contributed by atoms with van der Waals surface area (Å²) < 4.78 is 61.7. The molecule has 0 saturated heterocycles. The second kappa shape index (κ2) is 8.20. The van der Waals surface area contributed by atoms with Gasteiger partial charge in [0.15, 0.2) is 0 Å². The van der Waals surface area contributed by atoms with Crippen molar-refractivity contribution in [2.45, 2.75) is 30.7 Å². The lowest BCUT2D eigenvalue weighted by Gasteiger charge is -2.15. The topological polar surface area (TPSA) is 72.2 Å². The van der Waals surface area contributed by atoms with Crippen molar-refractivity contribution in [1.82, 2.24) is 9.88 Å². The number of aromatic nitrogens is 1. The standard InChI is InChI=1S/C25H20F2N2O3S/c1-15-24(25(28-32-15)17-5-3-2-4-6-17)16-7-9-19(10-8-16)33(30,31)29-23-12-11-20-21(23)13-18(26)14-22(20)27/h2-10,13-14,23,29H,11-12H2,1H3. The predicted octanol–water partition coefficient (Wildman–Crippen LogP) is 5.56. The zero-order valence-electron chi connectivity index (χ0n) is 17.7. The highest BCUT2D eigenvalue weighted by Crippen LogP contribution is 2.36. The van der Waals surface area contributed by atoms with Crippen LogP contribution < -0.4 is 4.72 Å². The Bertz CT molecular complexity index is 1430. The third-order valence-corrected chi connectivity index (χ3v) is 7.40. The van der Waals surface area contributed by atoms with E-state index in [2.05, 4.69) is 9.88 Å². The molecular weight excluding hydrogens is 446 g/mol. The number of nitrogens with one attached hydrogen (secondary N) is 1. The van der Waals surface area contributed by atoms with Gasteiger partial charge in [-0.2, -0.15) is 0 Å². The van der Waals surface area contributed by atoms with E-state index in [9.17, 15) is 17.2 Å². The van der Waals surface area contributed by atoms with Crippen molar-refractivity contribution in [3.63, 3.8) is 0 Å². The number of benzene rings is 3. The molecule has 0 bridgehead atoms. The third kappa shape index (κ3) is 3.96. The number of fused-ring (bicyclic) bond motifs is 1. The summed E-state index contributed by atoms with van der Waals surface area (Å²) in [5, 5.41) is 4.17. The van der Waals surface area contributed by atoms with Crippen LogP contribution in [0.25, 0.3) is 22.4 Å². The molecule has 0 saturated carbocycles. The number of nitrogens with zero attached hydrogens (tertiary/aromatic N) is 1. The Morgan fingerprint density at radius 3 is 2.45 bits per heavy atom. The number of halogens is 2. The number of rotatable bonds is 5. The summed E-state index contributed by atoms with van der Waals surface area (Å²) in [6, 6.07) is 17.3. The normalized spacial score (nSPS) is 15.5. The van der Waals surface area contributed by atoms with Gasteiger partial charge >= 0.3 is 0 Å². The van der Waals surface area contributed by atoms with Crippen LogP contribution in [0, 0.1) is 18.6 Å². The molecule has 1 unspecified atom stereocenters. The van der Waals surface area contributed by atoms with Gasteiger partial charge < -0.3 is 4.52 Å². The Hall–Kier alpha value is -3.36. The minimum atomic E-state index is -3.90. The van der Waals surface area contributed by atoms with Gasteiger partial charge in [-0.15, -0.1) is 0 Å². The second-order valence-corrected chi connectivity index (χ2v) is 9.73. The fourth-order valence-corrected chi connectivity index (χ4v) is 5.58. The van der Waals surface area contributed by atoms with Crippen LogP contribution in [0.2, 0.25) is 0 Å². The molecule has 1 N–H and O–H groups in total. The molecule has 1 heterocycles. The first kappa shape index (κ1) is 21.5. The Morgan fingerprint density at radius 2 is 1.73 bits per heavy atom. The van der Waals surface area contributed by atoms with Gasteiger partial charge in [-0.05, 0) is 54.7 Å². The van der Waals surface area contributed by atoms with E-state index < -0.39 is 27.7 Å². The van der Waals surface area contributed by atoms with Gasteiger partial charge in [-0.3, -0.25) is 0 Å². The molecule has 168 valence electrons. The van der Waals surface area contributed by atoms with Gasteiger partial charge in [-0.25, -0.2) is 21.9 Å². The van der Waals surface area contributed by atoms with Gasteiger partial charge in [-0.1, -0.05) is 47.6 Å². The SMILES string of the molecule is Cc1onc(-c2ccccc2)c1-c1ccc(S(=O)(=O)NC2CCc3c(F)cc(F)cc32)cc1. The van der Waals surface area contributed by atoms with Crippen LogP contribution in [0.1, 0.15) is 29.3 Å². The van der Waals surface area contributed by atoms with Crippen LogP contribution in [-0.2, 0) is 16.4 Å². The quantitative estimate of drug-likeness (QED) is 0.418. The maximum atomic E-state index is 14.0. The van der Waals surface area contributed by atoms with E-state index in [4.69, 9.17) is 4.52 Å². The smallest absolute Gasteiger partial charge is 0.241 e. The molecule has 33 heavy (non-hydrogen) atoms. The summed E-state index contributed by atoms with van der Waals surface area (Å²) in [5.41, 5.74) is 3.82. The first-order valence-electron chi connectivity index (χ1n) is 10.5. The number of hydrogen-bond acceptors (Lipinski definition) is 4.